The number of likely N-dealkylation sites (tertiary alicyclic amines) is 1. The maximum absolute atomic E-state index is 5.42. The largest absolute Gasteiger partial charge is 0.497 e. The lowest BCUT2D eigenvalue weighted by Gasteiger charge is -2.31. The van der Waals surface area contributed by atoms with Crippen molar-refractivity contribution in [2.45, 2.75) is 19.4 Å². The molecule has 1 aliphatic heterocycles. The van der Waals surface area contributed by atoms with Crippen molar-refractivity contribution in [1.29, 1.82) is 0 Å². The number of ether oxygens (including phenoxy) is 1. The lowest BCUT2D eigenvalue weighted by atomic mass is 9.98. The van der Waals surface area contributed by atoms with Crippen molar-refractivity contribution in [1.82, 2.24) is 20.4 Å². The van der Waals surface area contributed by atoms with Gasteiger partial charge < -0.3 is 14.6 Å². The highest BCUT2D eigenvalue weighted by Gasteiger charge is 2.21. The molecule has 0 bridgehead atoms. The average molecular weight is 353 g/mol. The van der Waals surface area contributed by atoms with E-state index < -0.39 is 0 Å². The zero-order valence-electron chi connectivity index (χ0n) is 14.2. The lowest BCUT2D eigenvalue weighted by Crippen LogP contribution is -2.38. The van der Waals surface area contributed by atoms with Crippen LogP contribution in [-0.4, -0.2) is 48.8 Å². The molecule has 2 heterocycles. The SMILES string of the molecule is CNCC1CCCN(Cc2nc(-c3ccc(OC)cc3)no2)C1.Cl. The molecule has 6 nitrogen and oxygen atoms in total. The first-order chi connectivity index (χ1) is 11.3. The average Bonchev–Trinajstić information content (AvgIpc) is 3.04. The van der Waals surface area contributed by atoms with Crippen molar-refractivity contribution >= 4 is 12.4 Å². The Bertz CT molecular complexity index is 615. The van der Waals surface area contributed by atoms with Crippen molar-refractivity contribution in [2.75, 3.05) is 33.8 Å². The van der Waals surface area contributed by atoms with Gasteiger partial charge in [0.2, 0.25) is 11.7 Å². The third kappa shape index (κ3) is 4.69. The Morgan fingerprint density at radius 2 is 2.12 bits per heavy atom. The van der Waals surface area contributed by atoms with Crippen molar-refractivity contribution in [3.63, 3.8) is 0 Å². The number of aromatic nitrogens is 2. The molecule has 24 heavy (non-hydrogen) atoms. The summed E-state index contributed by atoms with van der Waals surface area (Å²) in [6.07, 6.45) is 2.52. The molecule has 1 N–H and O–H groups in total. The standard InChI is InChI=1S/C17H24N4O2.ClH/c1-18-10-13-4-3-9-21(11-13)12-16-19-17(20-23-16)14-5-7-15(22-2)8-6-14;/h5-8,13,18H,3-4,9-12H2,1-2H3;1H. The monoisotopic (exact) mass is 352 g/mol. The van der Waals surface area contributed by atoms with Crippen LogP contribution < -0.4 is 10.1 Å². The minimum absolute atomic E-state index is 0. The van der Waals surface area contributed by atoms with Crippen molar-refractivity contribution in [3.05, 3.63) is 30.2 Å². The predicted molar refractivity (Wildman–Crippen MR) is 95.5 cm³/mol. The maximum Gasteiger partial charge on any atom is 0.241 e. The zero-order chi connectivity index (χ0) is 16.1. The zero-order valence-corrected chi connectivity index (χ0v) is 15.0. The third-order valence-electron chi connectivity index (χ3n) is 4.27. The number of methoxy groups -OCH3 is 1. The number of nitrogens with zero attached hydrogens (tertiary/aromatic N) is 3. The van der Waals surface area contributed by atoms with Gasteiger partial charge in [-0.15, -0.1) is 12.4 Å². The van der Waals surface area contributed by atoms with E-state index in [1.165, 1.54) is 12.8 Å². The molecule has 3 rings (SSSR count). The van der Waals surface area contributed by atoms with E-state index >= 15 is 0 Å². The summed E-state index contributed by atoms with van der Waals surface area (Å²) in [5.41, 5.74) is 0.938. The number of benzene rings is 1. The number of rotatable bonds is 6. The molecule has 2 aromatic rings. The van der Waals surface area contributed by atoms with Gasteiger partial charge >= 0.3 is 0 Å². The van der Waals surface area contributed by atoms with Crippen LogP contribution in [0.25, 0.3) is 11.4 Å². The number of hydrogen-bond donors (Lipinski definition) is 1. The van der Waals surface area contributed by atoms with Gasteiger partial charge in [0.1, 0.15) is 5.75 Å². The first kappa shape index (κ1) is 18.7. The summed E-state index contributed by atoms with van der Waals surface area (Å²) in [7, 11) is 3.67. The second kappa shape index (κ2) is 9.01. The topological polar surface area (TPSA) is 63.4 Å². The van der Waals surface area contributed by atoms with E-state index in [2.05, 4.69) is 20.4 Å². The summed E-state index contributed by atoms with van der Waals surface area (Å²) in [5.74, 6) is 2.84. The Labute approximate surface area is 149 Å². The Hall–Kier alpha value is -1.63. The molecule has 1 atom stereocenters. The summed E-state index contributed by atoms with van der Waals surface area (Å²) in [5, 5.41) is 7.37. The fourth-order valence-corrected chi connectivity index (χ4v) is 3.12. The Morgan fingerprint density at radius 3 is 2.83 bits per heavy atom. The highest BCUT2D eigenvalue weighted by atomic mass is 35.5. The molecule has 0 amide bonds. The van der Waals surface area contributed by atoms with Crippen LogP contribution in [-0.2, 0) is 6.54 Å². The number of piperidine rings is 1. The Morgan fingerprint density at radius 1 is 1.33 bits per heavy atom. The predicted octanol–water partition coefficient (Wildman–Crippen LogP) is 2.60. The number of halogens is 1. The van der Waals surface area contributed by atoms with Gasteiger partial charge in [-0.3, -0.25) is 4.90 Å². The normalized spacial score (nSPS) is 18.2. The van der Waals surface area contributed by atoms with Crippen molar-refractivity contribution < 1.29 is 9.26 Å². The van der Waals surface area contributed by atoms with Crippen LogP contribution in [0.15, 0.2) is 28.8 Å². The molecule has 1 aromatic carbocycles. The molecule has 1 saturated heterocycles. The van der Waals surface area contributed by atoms with Crippen LogP contribution in [0.3, 0.4) is 0 Å². The van der Waals surface area contributed by atoms with Crippen molar-refractivity contribution in [3.8, 4) is 17.1 Å². The van der Waals surface area contributed by atoms with E-state index in [1.807, 2.05) is 31.3 Å². The van der Waals surface area contributed by atoms with E-state index in [-0.39, 0.29) is 12.4 Å². The second-order valence-electron chi connectivity index (χ2n) is 6.04. The molecule has 1 fully saturated rings. The van der Waals surface area contributed by atoms with Crippen LogP contribution in [0.2, 0.25) is 0 Å². The van der Waals surface area contributed by atoms with Gasteiger partial charge in [-0.2, -0.15) is 4.98 Å². The van der Waals surface area contributed by atoms with Gasteiger partial charge in [0, 0.05) is 12.1 Å². The summed E-state index contributed by atoms with van der Waals surface area (Å²) in [6, 6.07) is 7.69. The molecule has 7 heteroatoms. The molecular formula is C17H25ClN4O2. The molecule has 1 aromatic heterocycles. The fourth-order valence-electron chi connectivity index (χ4n) is 3.12. The van der Waals surface area contributed by atoms with Crippen molar-refractivity contribution in [2.24, 2.45) is 5.92 Å². The highest BCUT2D eigenvalue weighted by Crippen LogP contribution is 2.21. The summed E-state index contributed by atoms with van der Waals surface area (Å²) < 4.78 is 10.6. The van der Waals surface area contributed by atoms with E-state index in [0.717, 1.165) is 37.5 Å². The van der Waals surface area contributed by atoms with Crippen LogP contribution in [0, 0.1) is 5.92 Å². The number of nitrogens with one attached hydrogen (secondary N) is 1. The third-order valence-corrected chi connectivity index (χ3v) is 4.27. The second-order valence-corrected chi connectivity index (χ2v) is 6.04. The molecule has 1 unspecified atom stereocenters. The fraction of sp³-hybridized carbons (Fsp3) is 0.529. The summed E-state index contributed by atoms with van der Waals surface area (Å²) in [4.78, 5) is 6.92. The van der Waals surface area contributed by atoms with Crippen LogP contribution in [0.1, 0.15) is 18.7 Å². The molecule has 0 spiro atoms. The van der Waals surface area contributed by atoms with Gasteiger partial charge in [0.05, 0.1) is 13.7 Å². The Kier molecular flexibility index (Phi) is 7.02. The van der Waals surface area contributed by atoms with Gasteiger partial charge in [-0.1, -0.05) is 5.16 Å². The summed E-state index contributed by atoms with van der Waals surface area (Å²) in [6.45, 7) is 3.97. The van der Waals surface area contributed by atoms with E-state index in [0.29, 0.717) is 17.6 Å². The first-order valence-corrected chi connectivity index (χ1v) is 8.12. The van der Waals surface area contributed by atoms with Crippen LogP contribution in [0.4, 0.5) is 0 Å². The minimum Gasteiger partial charge on any atom is -0.497 e. The Balaban J connectivity index is 0.00000208. The smallest absolute Gasteiger partial charge is 0.241 e. The van der Waals surface area contributed by atoms with Crippen LogP contribution >= 0.6 is 12.4 Å². The maximum atomic E-state index is 5.42. The molecule has 0 saturated carbocycles. The molecular weight excluding hydrogens is 328 g/mol. The van der Waals surface area contributed by atoms with Gasteiger partial charge in [-0.25, -0.2) is 0 Å². The quantitative estimate of drug-likeness (QED) is 0.862. The molecule has 0 aliphatic carbocycles. The highest BCUT2D eigenvalue weighted by molar-refractivity contribution is 5.85. The van der Waals surface area contributed by atoms with Crippen LogP contribution in [0.5, 0.6) is 5.75 Å². The minimum atomic E-state index is 0. The van der Waals surface area contributed by atoms with E-state index in [4.69, 9.17) is 9.26 Å². The lowest BCUT2D eigenvalue weighted by molar-refractivity contribution is 0.149. The molecule has 132 valence electrons. The number of hydrogen-bond acceptors (Lipinski definition) is 6. The van der Waals surface area contributed by atoms with Gasteiger partial charge in [0.15, 0.2) is 0 Å². The van der Waals surface area contributed by atoms with Gasteiger partial charge in [0.25, 0.3) is 0 Å². The van der Waals surface area contributed by atoms with Gasteiger partial charge in [-0.05, 0) is 63.2 Å². The molecule has 1 aliphatic rings. The van der Waals surface area contributed by atoms with E-state index in [9.17, 15) is 0 Å². The first-order valence-electron chi connectivity index (χ1n) is 8.12. The molecule has 0 radical (unpaired) electrons. The summed E-state index contributed by atoms with van der Waals surface area (Å²) >= 11 is 0. The van der Waals surface area contributed by atoms with E-state index in [1.54, 1.807) is 7.11 Å².